The highest BCUT2D eigenvalue weighted by Gasteiger charge is 2.29. The van der Waals surface area contributed by atoms with E-state index in [2.05, 4.69) is 0 Å². The Balaban J connectivity index is 0.00000137. The molecule has 4 nitrogen and oxygen atoms in total. The number of amides is 1. The van der Waals surface area contributed by atoms with Gasteiger partial charge in [0.2, 0.25) is 0 Å². The average molecular weight is 259 g/mol. The first kappa shape index (κ1) is 17.2. The maximum atomic E-state index is 11.9. The molecule has 0 aromatic carbocycles. The first-order chi connectivity index (χ1) is 8.44. The molecule has 108 valence electrons. The lowest BCUT2D eigenvalue weighted by Gasteiger charge is -2.36. The third-order valence-electron chi connectivity index (χ3n) is 2.72. The van der Waals surface area contributed by atoms with Crippen LogP contribution in [0.3, 0.4) is 0 Å². The zero-order chi connectivity index (χ0) is 14.2. The Morgan fingerprint density at radius 1 is 1.33 bits per heavy atom. The van der Waals surface area contributed by atoms with Crippen molar-refractivity contribution >= 4 is 6.09 Å². The summed E-state index contributed by atoms with van der Waals surface area (Å²) in [5.41, 5.74) is -0.446. The second kappa shape index (κ2) is 8.35. The standard InChI is InChI=1S/C12H23NO3.C2H6/c1-12(2,3)16-11(15)13-8-5-4-6-10(13)7-9-14;1-2/h10,14H,4-9H2,1-3H3;1-2H3. The fourth-order valence-electron chi connectivity index (χ4n) is 2.01. The van der Waals surface area contributed by atoms with E-state index in [1.807, 2.05) is 34.6 Å². The van der Waals surface area contributed by atoms with Crippen molar-refractivity contribution in [2.45, 2.75) is 71.9 Å². The molecule has 1 aliphatic rings. The van der Waals surface area contributed by atoms with Gasteiger partial charge in [0.1, 0.15) is 5.60 Å². The molecule has 0 aromatic rings. The molecular formula is C14H29NO3. The summed E-state index contributed by atoms with van der Waals surface area (Å²) in [4.78, 5) is 13.7. The van der Waals surface area contributed by atoms with Crippen LogP contribution in [0.15, 0.2) is 0 Å². The Hall–Kier alpha value is -0.770. The number of hydrogen-bond donors (Lipinski definition) is 1. The largest absolute Gasteiger partial charge is 0.444 e. The number of carbonyl (C=O) groups is 1. The summed E-state index contributed by atoms with van der Waals surface area (Å²) in [6, 6.07) is 0.147. The molecule has 1 N–H and O–H groups in total. The molecule has 4 heteroatoms. The van der Waals surface area contributed by atoms with Crippen molar-refractivity contribution in [2.75, 3.05) is 13.2 Å². The summed E-state index contributed by atoms with van der Waals surface area (Å²) in [7, 11) is 0. The molecule has 1 atom stereocenters. The maximum Gasteiger partial charge on any atom is 0.410 e. The lowest BCUT2D eigenvalue weighted by atomic mass is 10.0. The van der Waals surface area contributed by atoms with E-state index in [-0.39, 0.29) is 18.7 Å². The maximum absolute atomic E-state index is 11.9. The second-order valence-electron chi connectivity index (χ2n) is 5.34. The Kier molecular flexibility index (Phi) is 8.00. The molecule has 0 radical (unpaired) electrons. The lowest BCUT2D eigenvalue weighted by Crippen LogP contribution is -2.46. The molecule has 0 spiro atoms. The minimum absolute atomic E-state index is 0.129. The summed E-state index contributed by atoms with van der Waals surface area (Å²) in [5.74, 6) is 0. The summed E-state index contributed by atoms with van der Waals surface area (Å²) in [6.07, 6.45) is 3.54. The zero-order valence-electron chi connectivity index (χ0n) is 12.5. The van der Waals surface area contributed by atoms with Gasteiger partial charge < -0.3 is 14.7 Å². The van der Waals surface area contributed by atoms with Crippen LogP contribution in [0.4, 0.5) is 4.79 Å². The Labute approximate surface area is 111 Å². The first-order valence-electron chi connectivity index (χ1n) is 7.04. The highest BCUT2D eigenvalue weighted by atomic mass is 16.6. The summed E-state index contributed by atoms with van der Waals surface area (Å²) < 4.78 is 5.36. The quantitative estimate of drug-likeness (QED) is 0.828. The van der Waals surface area contributed by atoms with Gasteiger partial charge >= 0.3 is 6.09 Å². The van der Waals surface area contributed by atoms with E-state index >= 15 is 0 Å². The van der Waals surface area contributed by atoms with Gasteiger partial charge in [0, 0.05) is 19.2 Å². The zero-order valence-corrected chi connectivity index (χ0v) is 12.5. The average Bonchev–Trinajstić information content (AvgIpc) is 2.30. The van der Waals surface area contributed by atoms with Gasteiger partial charge in [0.05, 0.1) is 0 Å². The Morgan fingerprint density at radius 2 is 1.94 bits per heavy atom. The number of ether oxygens (including phenoxy) is 1. The van der Waals surface area contributed by atoms with Crippen molar-refractivity contribution in [3.63, 3.8) is 0 Å². The van der Waals surface area contributed by atoms with Gasteiger partial charge in [-0.25, -0.2) is 4.79 Å². The second-order valence-corrected chi connectivity index (χ2v) is 5.34. The fraction of sp³-hybridized carbons (Fsp3) is 0.929. The van der Waals surface area contributed by atoms with E-state index in [9.17, 15) is 4.79 Å². The molecule has 18 heavy (non-hydrogen) atoms. The van der Waals surface area contributed by atoms with E-state index in [1.165, 1.54) is 0 Å². The highest BCUT2D eigenvalue weighted by molar-refractivity contribution is 5.68. The Bertz CT molecular complexity index is 234. The SMILES string of the molecule is CC.CC(C)(C)OC(=O)N1CCCCC1CCO. The van der Waals surface area contributed by atoms with Gasteiger partial charge in [0.15, 0.2) is 0 Å². The molecule has 1 saturated heterocycles. The van der Waals surface area contributed by atoms with Crippen LogP contribution in [0.1, 0.15) is 60.3 Å². The molecule has 0 aliphatic carbocycles. The topological polar surface area (TPSA) is 49.8 Å². The third-order valence-corrected chi connectivity index (χ3v) is 2.72. The van der Waals surface area contributed by atoms with Gasteiger partial charge in [-0.1, -0.05) is 13.8 Å². The van der Waals surface area contributed by atoms with Crippen molar-refractivity contribution in [3.05, 3.63) is 0 Å². The molecular weight excluding hydrogens is 230 g/mol. The lowest BCUT2D eigenvalue weighted by molar-refractivity contribution is 0.00706. The fourth-order valence-corrected chi connectivity index (χ4v) is 2.01. The molecule has 0 bridgehead atoms. The van der Waals surface area contributed by atoms with Gasteiger partial charge in [-0.2, -0.15) is 0 Å². The molecule has 0 aromatic heterocycles. The molecule has 1 heterocycles. The number of likely N-dealkylation sites (tertiary alicyclic amines) is 1. The van der Waals surface area contributed by atoms with Crippen LogP contribution in [0, 0.1) is 0 Å². The highest BCUT2D eigenvalue weighted by Crippen LogP contribution is 2.22. The predicted octanol–water partition coefficient (Wildman–Crippen LogP) is 3.18. The van der Waals surface area contributed by atoms with Crippen LogP contribution in [-0.2, 0) is 4.74 Å². The monoisotopic (exact) mass is 259 g/mol. The van der Waals surface area contributed by atoms with Gasteiger partial charge in [-0.3, -0.25) is 0 Å². The number of piperidine rings is 1. The number of carbonyl (C=O) groups excluding carboxylic acids is 1. The van der Waals surface area contributed by atoms with E-state index in [4.69, 9.17) is 9.84 Å². The Morgan fingerprint density at radius 3 is 2.44 bits per heavy atom. The number of hydrogen-bond acceptors (Lipinski definition) is 3. The molecule has 1 rings (SSSR count). The van der Waals surface area contributed by atoms with Crippen LogP contribution in [0.5, 0.6) is 0 Å². The number of aliphatic hydroxyl groups excluding tert-OH is 1. The van der Waals surface area contributed by atoms with E-state index in [0.29, 0.717) is 6.42 Å². The number of rotatable bonds is 2. The summed E-state index contributed by atoms with van der Waals surface area (Å²) in [5, 5.41) is 8.97. The molecule has 1 amide bonds. The van der Waals surface area contributed by atoms with Crippen molar-refractivity contribution in [1.29, 1.82) is 0 Å². The minimum Gasteiger partial charge on any atom is -0.444 e. The van der Waals surface area contributed by atoms with Crippen molar-refractivity contribution in [1.82, 2.24) is 4.90 Å². The van der Waals surface area contributed by atoms with Crippen molar-refractivity contribution < 1.29 is 14.6 Å². The number of nitrogens with zero attached hydrogens (tertiary/aromatic N) is 1. The first-order valence-corrected chi connectivity index (χ1v) is 7.04. The minimum atomic E-state index is -0.446. The molecule has 1 aliphatic heterocycles. The summed E-state index contributed by atoms with van der Waals surface area (Å²) >= 11 is 0. The van der Waals surface area contributed by atoms with Crippen molar-refractivity contribution in [3.8, 4) is 0 Å². The summed E-state index contributed by atoms with van der Waals surface area (Å²) in [6.45, 7) is 10.5. The van der Waals surface area contributed by atoms with Crippen LogP contribution < -0.4 is 0 Å². The van der Waals surface area contributed by atoms with Crippen LogP contribution in [-0.4, -0.2) is 40.9 Å². The van der Waals surface area contributed by atoms with Gasteiger partial charge in [-0.15, -0.1) is 0 Å². The molecule has 0 saturated carbocycles. The molecule has 1 unspecified atom stereocenters. The van der Waals surface area contributed by atoms with Crippen LogP contribution in [0.25, 0.3) is 0 Å². The van der Waals surface area contributed by atoms with E-state index < -0.39 is 5.60 Å². The van der Waals surface area contributed by atoms with Gasteiger partial charge in [0.25, 0.3) is 0 Å². The van der Waals surface area contributed by atoms with Crippen LogP contribution in [0.2, 0.25) is 0 Å². The smallest absolute Gasteiger partial charge is 0.410 e. The molecule has 1 fully saturated rings. The van der Waals surface area contributed by atoms with Gasteiger partial charge in [-0.05, 0) is 46.5 Å². The third kappa shape index (κ3) is 6.24. The normalized spacial score (nSPS) is 19.9. The van der Waals surface area contributed by atoms with E-state index in [0.717, 1.165) is 25.8 Å². The van der Waals surface area contributed by atoms with Crippen molar-refractivity contribution in [2.24, 2.45) is 0 Å². The van der Waals surface area contributed by atoms with Crippen LogP contribution >= 0.6 is 0 Å². The van der Waals surface area contributed by atoms with E-state index in [1.54, 1.807) is 4.90 Å². The predicted molar refractivity (Wildman–Crippen MR) is 73.6 cm³/mol. The number of aliphatic hydroxyl groups is 1.